The van der Waals surface area contributed by atoms with Crippen LogP contribution in [0.1, 0.15) is 21.7 Å². The molecule has 0 radical (unpaired) electrons. The molecular formula is C13H13FN4O3. The fourth-order valence-electron chi connectivity index (χ4n) is 1.81. The van der Waals surface area contributed by atoms with E-state index in [1.807, 2.05) is 0 Å². The maximum Gasteiger partial charge on any atom is 0.358 e. The van der Waals surface area contributed by atoms with E-state index >= 15 is 0 Å². The van der Waals surface area contributed by atoms with Gasteiger partial charge in [0.1, 0.15) is 12.4 Å². The monoisotopic (exact) mass is 292 g/mol. The van der Waals surface area contributed by atoms with Gasteiger partial charge in [-0.2, -0.15) is 0 Å². The van der Waals surface area contributed by atoms with Crippen molar-refractivity contribution in [2.75, 3.05) is 7.05 Å². The Bertz CT molecular complexity index is 667. The maximum atomic E-state index is 12.9. The minimum atomic E-state index is -1.23. The summed E-state index contributed by atoms with van der Waals surface area (Å²) < 4.78 is 14.1. The molecule has 2 N–H and O–H groups in total. The number of amides is 1. The van der Waals surface area contributed by atoms with Gasteiger partial charge in [0, 0.05) is 13.5 Å². The zero-order valence-corrected chi connectivity index (χ0v) is 11.2. The van der Waals surface area contributed by atoms with Crippen molar-refractivity contribution in [3.05, 3.63) is 47.0 Å². The molecule has 0 atom stereocenters. The highest BCUT2D eigenvalue weighted by molar-refractivity contribution is 5.86. The highest BCUT2D eigenvalue weighted by Gasteiger charge is 2.20. The molecule has 0 fully saturated rings. The number of aromatic carboxylic acids is 1. The number of carbonyl (C=O) groups is 2. The summed E-state index contributed by atoms with van der Waals surface area (Å²) in [5.74, 6) is -1.93. The average Bonchev–Trinajstić information content (AvgIpc) is 2.84. The van der Waals surface area contributed by atoms with Crippen molar-refractivity contribution in [2.45, 2.75) is 13.0 Å². The molecule has 0 aliphatic heterocycles. The maximum absolute atomic E-state index is 12.9. The number of carboxylic acids is 1. The molecule has 1 aromatic heterocycles. The van der Waals surface area contributed by atoms with Crippen molar-refractivity contribution >= 4 is 11.9 Å². The third kappa shape index (κ3) is 3.41. The Morgan fingerprint density at radius 3 is 2.57 bits per heavy atom. The van der Waals surface area contributed by atoms with Crippen molar-refractivity contribution in [3.8, 4) is 0 Å². The summed E-state index contributed by atoms with van der Waals surface area (Å²) in [5.41, 5.74) is 0.764. The van der Waals surface area contributed by atoms with Gasteiger partial charge in [-0.05, 0) is 17.7 Å². The fourth-order valence-corrected chi connectivity index (χ4v) is 1.81. The lowest BCUT2D eigenvalue weighted by atomic mass is 10.1. The molecule has 2 aromatic rings. The van der Waals surface area contributed by atoms with Crippen molar-refractivity contribution in [1.82, 2.24) is 20.3 Å². The second kappa shape index (κ2) is 6.12. The third-order valence-electron chi connectivity index (χ3n) is 2.90. The number of benzene rings is 1. The molecule has 7 nitrogen and oxygen atoms in total. The molecule has 1 amide bonds. The number of hydrogen-bond donors (Lipinski definition) is 2. The topological polar surface area (TPSA) is 97.1 Å². The number of nitrogens with one attached hydrogen (secondary N) is 1. The summed E-state index contributed by atoms with van der Waals surface area (Å²) >= 11 is 0. The molecule has 2 rings (SSSR count). The van der Waals surface area contributed by atoms with E-state index in [0.717, 1.165) is 0 Å². The van der Waals surface area contributed by atoms with Gasteiger partial charge in [0.2, 0.25) is 5.91 Å². The van der Waals surface area contributed by atoms with Gasteiger partial charge in [0.05, 0.1) is 5.69 Å². The van der Waals surface area contributed by atoms with E-state index in [-0.39, 0.29) is 36.1 Å². The van der Waals surface area contributed by atoms with Gasteiger partial charge in [-0.15, -0.1) is 5.10 Å². The Kier molecular flexibility index (Phi) is 4.27. The molecule has 0 saturated carbocycles. The summed E-state index contributed by atoms with van der Waals surface area (Å²) in [6, 6.07) is 5.64. The molecule has 21 heavy (non-hydrogen) atoms. The molecule has 0 aliphatic carbocycles. The molecule has 0 unspecified atom stereocenters. The number of rotatable bonds is 5. The minimum absolute atomic E-state index is 0.132. The van der Waals surface area contributed by atoms with Crippen LogP contribution < -0.4 is 5.32 Å². The number of carbonyl (C=O) groups excluding carboxylic acids is 1. The Hall–Kier alpha value is -2.77. The van der Waals surface area contributed by atoms with E-state index in [4.69, 9.17) is 5.11 Å². The van der Waals surface area contributed by atoms with E-state index < -0.39 is 5.97 Å². The second-order valence-electron chi connectivity index (χ2n) is 4.32. The Labute approximate surface area is 119 Å². The zero-order valence-electron chi connectivity index (χ0n) is 11.2. The van der Waals surface area contributed by atoms with Gasteiger partial charge in [0.15, 0.2) is 5.69 Å². The van der Waals surface area contributed by atoms with Crippen LogP contribution in [0.5, 0.6) is 0 Å². The third-order valence-corrected chi connectivity index (χ3v) is 2.90. The van der Waals surface area contributed by atoms with E-state index in [1.54, 1.807) is 0 Å². The quantitative estimate of drug-likeness (QED) is 0.834. The molecular weight excluding hydrogens is 279 g/mol. The van der Waals surface area contributed by atoms with E-state index in [0.29, 0.717) is 5.56 Å². The van der Waals surface area contributed by atoms with Gasteiger partial charge >= 0.3 is 5.97 Å². The predicted octanol–water partition coefficient (Wildman–Crippen LogP) is 0.452. The van der Waals surface area contributed by atoms with Crippen LogP contribution in [0.25, 0.3) is 0 Å². The van der Waals surface area contributed by atoms with Crippen LogP contribution in [0.3, 0.4) is 0 Å². The second-order valence-corrected chi connectivity index (χ2v) is 4.32. The fraction of sp³-hybridized carbons (Fsp3) is 0.231. The van der Waals surface area contributed by atoms with Crippen molar-refractivity contribution < 1.29 is 19.1 Å². The highest BCUT2D eigenvalue weighted by atomic mass is 19.1. The first-order chi connectivity index (χ1) is 10.0. The Morgan fingerprint density at radius 2 is 2.00 bits per heavy atom. The first kappa shape index (κ1) is 14.6. The molecule has 110 valence electrons. The zero-order chi connectivity index (χ0) is 15.4. The van der Waals surface area contributed by atoms with Crippen LogP contribution in [-0.2, 0) is 17.8 Å². The molecule has 8 heteroatoms. The predicted molar refractivity (Wildman–Crippen MR) is 70.3 cm³/mol. The molecule has 1 aromatic carbocycles. The minimum Gasteiger partial charge on any atom is -0.476 e. The van der Waals surface area contributed by atoms with Gasteiger partial charge in [0.25, 0.3) is 0 Å². The molecule has 0 bridgehead atoms. The summed E-state index contributed by atoms with van der Waals surface area (Å²) in [5, 5.41) is 18.8. The summed E-state index contributed by atoms with van der Waals surface area (Å²) in [6.45, 7) is -0.132. The van der Waals surface area contributed by atoms with Crippen LogP contribution in [0.2, 0.25) is 0 Å². The van der Waals surface area contributed by atoms with Crippen molar-refractivity contribution in [2.24, 2.45) is 0 Å². The first-order valence-corrected chi connectivity index (χ1v) is 6.12. The standard InChI is InChI=1S/C13H13FN4O3/c1-15-11(19)7-18-10(12(13(20)21)16-17-18)6-8-2-4-9(14)5-3-8/h2-5H,6-7H2,1H3,(H,15,19)(H,20,21). The van der Waals surface area contributed by atoms with Crippen LogP contribution >= 0.6 is 0 Å². The van der Waals surface area contributed by atoms with Crippen molar-refractivity contribution in [3.63, 3.8) is 0 Å². The van der Waals surface area contributed by atoms with Crippen LogP contribution in [0.15, 0.2) is 24.3 Å². The highest BCUT2D eigenvalue weighted by Crippen LogP contribution is 2.13. The molecule has 0 saturated heterocycles. The van der Waals surface area contributed by atoms with E-state index in [9.17, 15) is 14.0 Å². The first-order valence-electron chi connectivity index (χ1n) is 6.12. The van der Waals surface area contributed by atoms with Gasteiger partial charge < -0.3 is 10.4 Å². The van der Waals surface area contributed by atoms with Gasteiger partial charge in [-0.3, -0.25) is 4.79 Å². The molecule has 0 spiro atoms. The SMILES string of the molecule is CNC(=O)Cn1nnc(C(=O)O)c1Cc1ccc(F)cc1. The number of nitrogens with zero attached hydrogens (tertiary/aromatic N) is 3. The Balaban J connectivity index is 2.34. The lowest BCUT2D eigenvalue weighted by Gasteiger charge is -2.06. The van der Waals surface area contributed by atoms with Crippen LogP contribution in [0, 0.1) is 5.82 Å². The lowest BCUT2D eigenvalue weighted by molar-refractivity contribution is -0.121. The summed E-state index contributed by atoms with van der Waals surface area (Å²) in [4.78, 5) is 22.6. The Morgan fingerprint density at radius 1 is 1.33 bits per heavy atom. The molecule has 1 heterocycles. The van der Waals surface area contributed by atoms with E-state index in [1.165, 1.54) is 36.0 Å². The normalized spacial score (nSPS) is 10.4. The number of hydrogen-bond acceptors (Lipinski definition) is 4. The largest absolute Gasteiger partial charge is 0.476 e. The number of aromatic nitrogens is 3. The average molecular weight is 292 g/mol. The van der Waals surface area contributed by atoms with Gasteiger partial charge in [-0.25, -0.2) is 13.9 Å². The van der Waals surface area contributed by atoms with Crippen LogP contribution in [-0.4, -0.2) is 39.0 Å². The summed E-state index contributed by atoms with van der Waals surface area (Å²) in [6.07, 6.45) is 0.186. The lowest BCUT2D eigenvalue weighted by Crippen LogP contribution is -2.25. The smallest absolute Gasteiger partial charge is 0.358 e. The number of halogens is 1. The molecule has 0 aliphatic rings. The van der Waals surface area contributed by atoms with Crippen LogP contribution in [0.4, 0.5) is 4.39 Å². The summed E-state index contributed by atoms with van der Waals surface area (Å²) in [7, 11) is 1.47. The van der Waals surface area contributed by atoms with E-state index in [2.05, 4.69) is 15.6 Å². The number of carboxylic acid groups (broad SMARTS) is 1. The number of likely N-dealkylation sites (N-methyl/N-ethyl adjacent to an activating group) is 1. The van der Waals surface area contributed by atoms with Crippen molar-refractivity contribution in [1.29, 1.82) is 0 Å². The van der Waals surface area contributed by atoms with Gasteiger partial charge in [-0.1, -0.05) is 17.3 Å².